The number of hydrogen-bond acceptors (Lipinski definition) is 7. The molecule has 3 N–H and O–H groups in total. The number of phenols is 2. The summed E-state index contributed by atoms with van der Waals surface area (Å²) in [6.07, 6.45) is 1.27. The van der Waals surface area contributed by atoms with Crippen molar-refractivity contribution < 1.29 is 15.0 Å². The van der Waals surface area contributed by atoms with E-state index >= 15 is 0 Å². The minimum atomic E-state index is -0.282. The van der Waals surface area contributed by atoms with Gasteiger partial charge in [-0.1, -0.05) is 30.0 Å². The summed E-state index contributed by atoms with van der Waals surface area (Å²) in [6.45, 7) is 0. The Morgan fingerprint density at radius 1 is 1.25 bits per heavy atom. The van der Waals surface area contributed by atoms with E-state index in [1.165, 1.54) is 35.4 Å². The Kier molecular flexibility index (Phi) is 4.97. The Morgan fingerprint density at radius 2 is 2.08 bits per heavy atom. The van der Waals surface area contributed by atoms with Crippen LogP contribution in [0.15, 0.2) is 51.9 Å². The van der Waals surface area contributed by atoms with Crippen molar-refractivity contribution in [2.45, 2.75) is 4.34 Å². The number of rotatable bonds is 5. The van der Waals surface area contributed by atoms with Gasteiger partial charge in [0.05, 0.1) is 22.2 Å². The van der Waals surface area contributed by atoms with E-state index in [1.807, 2.05) is 24.3 Å². The van der Waals surface area contributed by atoms with Gasteiger partial charge in [-0.3, -0.25) is 4.79 Å². The summed E-state index contributed by atoms with van der Waals surface area (Å²) in [6, 6.07) is 12.3. The largest absolute Gasteiger partial charge is 0.504 e. The number of benzene rings is 2. The second-order valence-corrected chi connectivity index (χ2v) is 7.00. The first kappa shape index (κ1) is 16.3. The zero-order valence-corrected chi connectivity index (χ0v) is 14.0. The molecule has 8 heteroatoms. The molecule has 0 radical (unpaired) electrons. The summed E-state index contributed by atoms with van der Waals surface area (Å²) in [4.78, 5) is 16.2. The number of thioether (sulfide) groups is 1. The third-order valence-electron chi connectivity index (χ3n) is 3.04. The molecule has 0 saturated carbocycles. The maximum Gasteiger partial charge on any atom is 0.250 e. The zero-order chi connectivity index (χ0) is 16.9. The van der Waals surface area contributed by atoms with Crippen molar-refractivity contribution in [2.24, 2.45) is 5.10 Å². The van der Waals surface area contributed by atoms with E-state index in [1.54, 1.807) is 12.1 Å². The molecule has 0 bridgehead atoms. The number of nitrogens with one attached hydrogen (secondary N) is 1. The SMILES string of the molecule is O=C(CSc1nc2ccccc2s1)N/N=C/c1cccc(O)c1O. The van der Waals surface area contributed by atoms with Crippen LogP contribution in [0.3, 0.4) is 0 Å². The minimum absolute atomic E-state index is 0.184. The molecule has 1 aromatic heterocycles. The molecule has 0 spiro atoms. The number of carbonyl (C=O) groups is 1. The fraction of sp³-hybridized carbons (Fsp3) is 0.0625. The number of carbonyl (C=O) groups excluding carboxylic acids is 1. The Hall–Kier alpha value is -2.58. The van der Waals surface area contributed by atoms with Gasteiger partial charge in [-0.2, -0.15) is 5.10 Å². The van der Waals surface area contributed by atoms with Gasteiger partial charge in [0.25, 0.3) is 5.91 Å². The number of fused-ring (bicyclic) bond motifs is 1. The topological polar surface area (TPSA) is 94.8 Å². The van der Waals surface area contributed by atoms with E-state index in [0.29, 0.717) is 5.56 Å². The molecule has 3 aromatic rings. The van der Waals surface area contributed by atoms with Gasteiger partial charge in [-0.15, -0.1) is 11.3 Å². The number of amides is 1. The van der Waals surface area contributed by atoms with Crippen molar-refractivity contribution in [3.05, 3.63) is 48.0 Å². The summed E-state index contributed by atoms with van der Waals surface area (Å²) >= 11 is 2.87. The van der Waals surface area contributed by atoms with Crippen molar-refractivity contribution in [3.8, 4) is 11.5 Å². The molecule has 122 valence electrons. The van der Waals surface area contributed by atoms with Crippen molar-refractivity contribution in [1.82, 2.24) is 10.4 Å². The molecule has 0 unspecified atom stereocenters. The lowest BCUT2D eigenvalue weighted by molar-refractivity contribution is -0.118. The predicted octanol–water partition coefficient (Wildman–Crippen LogP) is 2.95. The molecular weight excluding hydrogens is 346 g/mol. The second kappa shape index (κ2) is 7.33. The van der Waals surface area contributed by atoms with E-state index in [2.05, 4.69) is 15.5 Å². The van der Waals surface area contributed by atoms with Crippen LogP contribution >= 0.6 is 23.1 Å². The number of hydrogen-bond donors (Lipinski definition) is 3. The van der Waals surface area contributed by atoms with Crippen LogP contribution in [0.4, 0.5) is 0 Å². The van der Waals surface area contributed by atoms with E-state index < -0.39 is 0 Å². The molecule has 0 saturated heterocycles. The van der Waals surface area contributed by atoms with Gasteiger partial charge >= 0.3 is 0 Å². The lowest BCUT2D eigenvalue weighted by Crippen LogP contribution is -2.19. The summed E-state index contributed by atoms with van der Waals surface area (Å²) in [5.74, 6) is -0.616. The van der Waals surface area contributed by atoms with Gasteiger partial charge in [-0.25, -0.2) is 10.4 Å². The number of aromatic hydroxyl groups is 2. The van der Waals surface area contributed by atoms with Crippen LogP contribution in [0, 0.1) is 0 Å². The number of aromatic nitrogens is 1. The second-order valence-electron chi connectivity index (χ2n) is 4.74. The molecule has 0 atom stereocenters. The minimum Gasteiger partial charge on any atom is -0.504 e. The quantitative estimate of drug-likeness (QED) is 0.282. The van der Waals surface area contributed by atoms with Crippen molar-refractivity contribution in [3.63, 3.8) is 0 Å². The van der Waals surface area contributed by atoms with Gasteiger partial charge < -0.3 is 10.2 Å². The monoisotopic (exact) mass is 359 g/mol. The molecular formula is C16H13N3O3S2. The number of nitrogens with zero attached hydrogens (tertiary/aromatic N) is 2. The molecule has 0 aliphatic carbocycles. The van der Waals surface area contributed by atoms with E-state index in [4.69, 9.17) is 0 Å². The molecule has 0 fully saturated rings. The number of para-hydroxylation sites is 2. The maximum absolute atomic E-state index is 11.8. The normalized spacial score (nSPS) is 11.2. The van der Waals surface area contributed by atoms with Gasteiger partial charge in [0.1, 0.15) is 0 Å². The van der Waals surface area contributed by atoms with E-state index in [-0.39, 0.29) is 23.2 Å². The highest BCUT2D eigenvalue weighted by Gasteiger charge is 2.07. The average Bonchev–Trinajstić information content (AvgIpc) is 3.00. The Balaban J connectivity index is 1.54. The van der Waals surface area contributed by atoms with Crippen LogP contribution in [0.25, 0.3) is 10.2 Å². The van der Waals surface area contributed by atoms with Crippen molar-refractivity contribution in [1.29, 1.82) is 0 Å². The van der Waals surface area contributed by atoms with Gasteiger partial charge in [0.15, 0.2) is 15.8 Å². The third-order valence-corrected chi connectivity index (χ3v) is 5.22. The van der Waals surface area contributed by atoms with E-state index in [9.17, 15) is 15.0 Å². The van der Waals surface area contributed by atoms with Gasteiger partial charge in [0.2, 0.25) is 0 Å². The van der Waals surface area contributed by atoms with Crippen LogP contribution < -0.4 is 5.43 Å². The lowest BCUT2D eigenvalue weighted by Gasteiger charge is -2.01. The highest BCUT2D eigenvalue weighted by molar-refractivity contribution is 8.01. The van der Waals surface area contributed by atoms with Gasteiger partial charge in [0, 0.05) is 5.56 Å². The Labute approximate surface area is 145 Å². The fourth-order valence-corrected chi connectivity index (χ4v) is 3.76. The molecule has 0 aliphatic rings. The Bertz CT molecular complexity index is 875. The Morgan fingerprint density at radius 3 is 2.92 bits per heavy atom. The first-order valence-corrected chi connectivity index (χ1v) is 8.75. The highest BCUT2D eigenvalue weighted by atomic mass is 32.2. The average molecular weight is 359 g/mol. The fourth-order valence-electron chi connectivity index (χ4n) is 1.90. The number of phenolic OH excluding ortho intramolecular Hbond substituents is 2. The molecule has 1 heterocycles. The summed E-state index contributed by atoms with van der Waals surface area (Å²) in [5.41, 5.74) is 3.61. The number of hydrazone groups is 1. The summed E-state index contributed by atoms with van der Waals surface area (Å²) in [7, 11) is 0. The van der Waals surface area contributed by atoms with Crippen molar-refractivity contribution in [2.75, 3.05) is 5.75 Å². The summed E-state index contributed by atoms with van der Waals surface area (Å²) in [5, 5.41) is 22.8. The van der Waals surface area contributed by atoms with Gasteiger partial charge in [-0.05, 0) is 24.3 Å². The standard InChI is InChI=1S/C16H13N3O3S2/c20-12-6-3-4-10(15(12)22)8-17-19-14(21)9-23-16-18-11-5-1-2-7-13(11)24-16/h1-8,20,22H,9H2,(H,19,21)/b17-8+. The molecule has 2 aromatic carbocycles. The first-order chi connectivity index (χ1) is 11.6. The molecule has 1 amide bonds. The van der Waals surface area contributed by atoms with Crippen LogP contribution in [0.2, 0.25) is 0 Å². The van der Waals surface area contributed by atoms with Crippen LogP contribution in [0.5, 0.6) is 11.5 Å². The predicted molar refractivity (Wildman–Crippen MR) is 95.9 cm³/mol. The number of thiazole rings is 1. The smallest absolute Gasteiger partial charge is 0.250 e. The van der Waals surface area contributed by atoms with Crippen LogP contribution in [-0.2, 0) is 4.79 Å². The molecule has 0 aliphatic heterocycles. The molecule has 3 rings (SSSR count). The summed E-state index contributed by atoms with van der Waals surface area (Å²) < 4.78 is 1.90. The van der Waals surface area contributed by atoms with E-state index in [0.717, 1.165) is 14.6 Å². The van der Waals surface area contributed by atoms with Crippen LogP contribution in [0.1, 0.15) is 5.56 Å². The lowest BCUT2D eigenvalue weighted by atomic mass is 10.2. The van der Waals surface area contributed by atoms with Crippen molar-refractivity contribution >= 4 is 45.4 Å². The van der Waals surface area contributed by atoms with Crippen LogP contribution in [-0.4, -0.2) is 33.1 Å². The zero-order valence-electron chi connectivity index (χ0n) is 12.3. The maximum atomic E-state index is 11.8. The molecule has 24 heavy (non-hydrogen) atoms. The first-order valence-electron chi connectivity index (χ1n) is 6.95. The third kappa shape index (κ3) is 3.84. The molecule has 6 nitrogen and oxygen atoms in total. The highest BCUT2D eigenvalue weighted by Crippen LogP contribution is 2.29.